The maximum absolute atomic E-state index is 12.9. The predicted octanol–water partition coefficient (Wildman–Crippen LogP) is 3.81. The molecular formula is C22H19ClN2O6S. The van der Waals surface area contributed by atoms with E-state index in [-0.39, 0.29) is 23.9 Å². The van der Waals surface area contributed by atoms with Crippen molar-refractivity contribution in [1.29, 1.82) is 0 Å². The lowest BCUT2D eigenvalue weighted by atomic mass is 10.2. The normalized spacial score (nSPS) is 12.4. The van der Waals surface area contributed by atoms with Crippen LogP contribution in [0.25, 0.3) is 0 Å². The highest BCUT2D eigenvalue weighted by molar-refractivity contribution is 7.89. The lowest BCUT2D eigenvalue weighted by Gasteiger charge is -2.13. The molecule has 32 heavy (non-hydrogen) atoms. The van der Waals surface area contributed by atoms with Crippen LogP contribution in [-0.4, -0.2) is 28.2 Å². The van der Waals surface area contributed by atoms with Crippen LogP contribution in [0.15, 0.2) is 65.6 Å². The molecule has 166 valence electrons. The van der Waals surface area contributed by atoms with Gasteiger partial charge in [-0.3, -0.25) is 4.79 Å². The Balaban J connectivity index is 1.53. The van der Waals surface area contributed by atoms with Crippen molar-refractivity contribution in [1.82, 2.24) is 4.72 Å². The number of hydrogen-bond donors (Lipinski definition) is 2. The van der Waals surface area contributed by atoms with E-state index < -0.39 is 15.9 Å². The number of anilines is 1. The van der Waals surface area contributed by atoms with Gasteiger partial charge in [0, 0.05) is 17.1 Å². The molecular weight excluding hydrogens is 456 g/mol. The van der Waals surface area contributed by atoms with Gasteiger partial charge in [0.15, 0.2) is 11.5 Å². The molecule has 0 fully saturated rings. The van der Waals surface area contributed by atoms with Crippen molar-refractivity contribution < 1.29 is 27.4 Å². The summed E-state index contributed by atoms with van der Waals surface area (Å²) in [6.07, 6.45) is 0. The Kier molecular flexibility index (Phi) is 6.22. The molecule has 0 aromatic heterocycles. The summed E-state index contributed by atoms with van der Waals surface area (Å²) in [6, 6.07) is 15.8. The van der Waals surface area contributed by atoms with Crippen LogP contribution in [0.5, 0.6) is 17.2 Å². The van der Waals surface area contributed by atoms with E-state index in [2.05, 4.69) is 10.0 Å². The minimum absolute atomic E-state index is 0.0274. The number of rotatable bonds is 7. The van der Waals surface area contributed by atoms with Gasteiger partial charge in [0.25, 0.3) is 5.91 Å². The van der Waals surface area contributed by atoms with Crippen LogP contribution >= 0.6 is 11.6 Å². The summed E-state index contributed by atoms with van der Waals surface area (Å²) in [6.45, 7) is 0.190. The van der Waals surface area contributed by atoms with Crippen LogP contribution in [0.3, 0.4) is 0 Å². The van der Waals surface area contributed by atoms with Crippen molar-refractivity contribution in [2.75, 3.05) is 19.2 Å². The Labute approximate surface area is 190 Å². The Bertz CT molecular complexity index is 1280. The van der Waals surface area contributed by atoms with Gasteiger partial charge in [-0.2, -0.15) is 0 Å². The van der Waals surface area contributed by atoms with Gasteiger partial charge < -0.3 is 19.5 Å². The molecule has 3 aromatic rings. The Hall–Kier alpha value is -3.27. The van der Waals surface area contributed by atoms with Gasteiger partial charge in [0.05, 0.1) is 17.7 Å². The zero-order valence-corrected chi connectivity index (χ0v) is 18.5. The van der Waals surface area contributed by atoms with Crippen molar-refractivity contribution in [2.45, 2.75) is 11.4 Å². The molecule has 0 atom stereocenters. The zero-order valence-electron chi connectivity index (χ0n) is 16.9. The first-order valence-corrected chi connectivity index (χ1v) is 11.3. The molecule has 0 unspecified atom stereocenters. The summed E-state index contributed by atoms with van der Waals surface area (Å²) in [7, 11) is -2.45. The largest absolute Gasteiger partial charge is 0.495 e. The van der Waals surface area contributed by atoms with Crippen LogP contribution in [-0.2, 0) is 16.6 Å². The molecule has 0 aliphatic carbocycles. The van der Waals surface area contributed by atoms with Crippen molar-refractivity contribution in [3.63, 3.8) is 0 Å². The molecule has 4 rings (SSSR count). The fraction of sp³-hybridized carbons (Fsp3) is 0.136. The standard InChI is InChI=1S/C22H19ClN2O6S/c1-29-19-8-6-17(11-18(19)25-22(26)15-3-2-4-16(23)10-15)32(27,28)24-12-14-5-7-20-21(9-14)31-13-30-20/h2-11,24H,12-13H2,1H3,(H,25,26). The van der Waals surface area contributed by atoms with E-state index >= 15 is 0 Å². The molecule has 1 heterocycles. The number of fused-ring (bicyclic) bond motifs is 1. The molecule has 0 saturated heterocycles. The van der Waals surface area contributed by atoms with Crippen LogP contribution < -0.4 is 24.2 Å². The van der Waals surface area contributed by atoms with Gasteiger partial charge >= 0.3 is 0 Å². The quantitative estimate of drug-likeness (QED) is 0.539. The number of ether oxygens (including phenoxy) is 3. The second-order valence-electron chi connectivity index (χ2n) is 6.84. The number of methoxy groups -OCH3 is 1. The van der Waals surface area contributed by atoms with E-state index in [1.165, 1.54) is 31.4 Å². The number of amides is 1. The minimum Gasteiger partial charge on any atom is -0.495 e. The number of nitrogens with one attached hydrogen (secondary N) is 2. The second kappa shape index (κ2) is 9.07. The molecule has 2 N–H and O–H groups in total. The average Bonchev–Trinajstić information content (AvgIpc) is 3.25. The Morgan fingerprint density at radius 2 is 1.88 bits per heavy atom. The number of benzene rings is 3. The molecule has 1 aliphatic heterocycles. The highest BCUT2D eigenvalue weighted by atomic mass is 35.5. The third-order valence-corrected chi connectivity index (χ3v) is 6.35. The first-order valence-electron chi connectivity index (χ1n) is 9.49. The van der Waals surface area contributed by atoms with Gasteiger partial charge in [-0.25, -0.2) is 13.1 Å². The summed E-state index contributed by atoms with van der Waals surface area (Å²) >= 11 is 5.94. The van der Waals surface area contributed by atoms with Crippen LogP contribution in [0.4, 0.5) is 5.69 Å². The molecule has 1 aliphatic rings. The number of carbonyl (C=O) groups is 1. The molecule has 10 heteroatoms. The molecule has 1 amide bonds. The first-order chi connectivity index (χ1) is 15.4. The summed E-state index contributed by atoms with van der Waals surface area (Å²) in [5.74, 6) is 1.05. The Morgan fingerprint density at radius 1 is 1.06 bits per heavy atom. The highest BCUT2D eigenvalue weighted by Crippen LogP contribution is 2.33. The highest BCUT2D eigenvalue weighted by Gasteiger charge is 2.19. The van der Waals surface area contributed by atoms with Crippen molar-refractivity contribution in [2.24, 2.45) is 0 Å². The van der Waals surface area contributed by atoms with Crippen LogP contribution in [0.1, 0.15) is 15.9 Å². The van der Waals surface area contributed by atoms with E-state index in [1.807, 2.05) is 0 Å². The number of halogens is 1. The lowest BCUT2D eigenvalue weighted by Crippen LogP contribution is -2.23. The summed E-state index contributed by atoms with van der Waals surface area (Å²) < 4.78 is 44.1. The van der Waals surface area contributed by atoms with Gasteiger partial charge in [-0.1, -0.05) is 23.7 Å². The third kappa shape index (κ3) is 4.80. The average molecular weight is 475 g/mol. The molecule has 8 nitrogen and oxygen atoms in total. The van der Waals surface area contributed by atoms with Crippen molar-refractivity contribution in [3.8, 4) is 17.2 Å². The van der Waals surface area contributed by atoms with E-state index in [0.717, 1.165) is 0 Å². The molecule has 0 saturated carbocycles. The van der Waals surface area contributed by atoms with Gasteiger partial charge in [0.1, 0.15) is 5.75 Å². The monoisotopic (exact) mass is 474 g/mol. The van der Waals surface area contributed by atoms with Gasteiger partial charge in [-0.05, 0) is 54.1 Å². The maximum atomic E-state index is 12.9. The van der Waals surface area contributed by atoms with Crippen molar-refractivity contribution in [3.05, 3.63) is 76.8 Å². The number of carbonyl (C=O) groups excluding carboxylic acids is 1. The van der Waals surface area contributed by atoms with E-state index in [0.29, 0.717) is 33.4 Å². The van der Waals surface area contributed by atoms with E-state index in [1.54, 1.807) is 36.4 Å². The second-order valence-corrected chi connectivity index (χ2v) is 9.04. The third-order valence-electron chi connectivity index (χ3n) is 4.72. The fourth-order valence-electron chi connectivity index (χ4n) is 3.09. The SMILES string of the molecule is COc1ccc(S(=O)(=O)NCc2ccc3c(c2)OCO3)cc1NC(=O)c1cccc(Cl)c1. The molecule has 0 bridgehead atoms. The summed E-state index contributed by atoms with van der Waals surface area (Å²) in [4.78, 5) is 12.6. The molecule has 0 spiro atoms. The Morgan fingerprint density at radius 3 is 2.66 bits per heavy atom. The summed E-state index contributed by atoms with van der Waals surface area (Å²) in [5.41, 5.74) is 1.25. The van der Waals surface area contributed by atoms with Gasteiger partial charge in [0.2, 0.25) is 16.8 Å². The smallest absolute Gasteiger partial charge is 0.255 e. The molecule has 0 radical (unpaired) electrons. The predicted molar refractivity (Wildman–Crippen MR) is 119 cm³/mol. The minimum atomic E-state index is -3.88. The van der Waals surface area contributed by atoms with Crippen LogP contribution in [0, 0.1) is 0 Å². The number of sulfonamides is 1. The molecule has 3 aromatic carbocycles. The topological polar surface area (TPSA) is 103 Å². The lowest BCUT2D eigenvalue weighted by molar-refractivity contribution is 0.102. The number of hydrogen-bond acceptors (Lipinski definition) is 6. The van der Waals surface area contributed by atoms with E-state index in [4.69, 9.17) is 25.8 Å². The van der Waals surface area contributed by atoms with E-state index in [9.17, 15) is 13.2 Å². The van der Waals surface area contributed by atoms with Crippen LogP contribution in [0.2, 0.25) is 5.02 Å². The fourth-order valence-corrected chi connectivity index (χ4v) is 4.32. The van der Waals surface area contributed by atoms with Crippen molar-refractivity contribution >= 4 is 33.2 Å². The maximum Gasteiger partial charge on any atom is 0.255 e. The summed E-state index contributed by atoms with van der Waals surface area (Å²) in [5, 5.41) is 3.09. The first kappa shape index (κ1) is 21.9. The van der Waals surface area contributed by atoms with Gasteiger partial charge in [-0.15, -0.1) is 0 Å². The zero-order chi connectivity index (χ0) is 22.7.